The van der Waals surface area contributed by atoms with Gasteiger partial charge in [0, 0.05) is 17.1 Å². The van der Waals surface area contributed by atoms with E-state index in [0.29, 0.717) is 10.0 Å². The molecule has 1 unspecified atom stereocenters. The Morgan fingerprint density at radius 2 is 2.05 bits per heavy atom. The second-order valence-corrected chi connectivity index (χ2v) is 6.19. The highest BCUT2D eigenvalue weighted by atomic mass is 79.9. The number of rotatable bonds is 4. The largest absolute Gasteiger partial charge is 0.376 e. The average molecular weight is 351 g/mol. The number of hydrogen-bond donors (Lipinski definition) is 1. The maximum atomic E-state index is 14.4. The Morgan fingerprint density at radius 1 is 1.42 bits per heavy atom. The van der Waals surface area contributed by atoms with Gasteiger partial charge in [-0.05, 0) is 41.9 Å². The van der Waals surface area contributed by atoms with Crippen molar-refractivity contribution in [2.45, 2.75) is 37.3 Å². The lowest BCUT2D eigenvalue weighted by atomic mass is 9.86. The van der Waals surface area contributed by atoms with E-state index < -0.39 is 0 Å². The van der Waals surface area contributed by atoms with Gasteiger partial charge in [-0.3, -0.25) is 0 Å². The van der Waals surface area contributed by atoms with Crippen molar-refractivity contribution in [2.75, 3.05) is 14.2 Å². The van der Waals surface area contributed by atoms with E-state index in [1.54, 1.807) is 19.2 Å². The molecule has 0 heterocycles. The first-order valence-corrected chi connectivity index (χ1v) is 7.58. The van der Waals surface area contributed by atoms with Gasteiger partial charge in [-0.15, -0.1) is 0 Å². The Bertz CT molecular complexity index is 463. The fourth-order valence-corrected chi connectivity index (χ4v) is 3.53. The highest BCUT2D eigenvalue weighted by Gasteiger charge is 2.43. The number of nitrogens with one attached hydrogen (secondary N) is 1. The normalized spacial score (nSPS) is 19.6. The molecule has 1 atom stereocenters. The van der Waals surface area contributed by atoms with E-state index in [2.05, 4.69) is 21.2 Å². The Hall–Kier alpha value is -0.160. The second-order valence-electron chi connectivity index (χ2n) is 4.96. The molecule has 19 heavy (non-hydrogen) atoms. The summed E-state index contributed by atoms with van der Waals surface area (Å²) in [6.45, 7) is 0. The van der Waals surface area contributed by atoms with Crippen LogP contribution in [0.25, 0.3) is 0 Å². The minimum Gasteiger partial charge on any atom is -0.376 e. The smallest absolute Gasteiger partial charge is 0.147 e. The summed E-state index contributed by atoms with van der Waals surface area (Å²) in [5.41, 5.74) is 0.228. The van der Waals surface area contributed by atoms with Crippen molar-refractivity contribution in [2.24, 2.45) is 0 Å². The van der Waals surface area contributed by atoms with E-state index in [-0.39, 0.29) is 22.5 Å². The van der Waals surface area contributed by atoms with Crippen LogP contribution in [0.3, 0.4) is 0 Å². The third-order valence-electron chi connectivity index (χ3n) is 4.05. The molecule has 1 N–H and O–H groups in total. The minimum atomic E-state index is -0.376. The average Bonchev–Trinajstić information content (AvgIpc) is 2.89. The van der Waals surface area contributed by atoms with Crippen molar-refractivity contribution in [1.29, 1.82) is 0 Å². The van der Waals surface area contributed by atoms with Crippen LogP contribution in [0.1, 0.15) is 37.3 Å². The van der Waals surface area contributed by atoms with Crippen LogP contribution < -0.4 is 5.32 Å². The lowest BCUT2D eigenvalue weighted by Gasteiger charge is -2.36. The monoisotopic (exact) mass is 349 g/mol. The lowest BCUT2D eigenvalue weighted by molar-refractivity contribution is -0.0357. The lowest BCUT2D eigenvalue weighted by Crippen LogP contribution is -2.42. The third kappa shape index (κ3) is 2.68. The predicted molar refractivity (Wildman–Crippen MR) is 79.1 cm³/mol. The standard InChI is InChI=1S/C14H18BrClFNO/c1-18-13(14(19-2)7-3-4-8-14)9-5-6-10(15)11(16)12(9)17/h5-6,13,18H,3-4,7-8H2,1-2H3. The van der Waals surface area contributed by atoms with E-state index in [4.69, 9.17) is 16.3 Å². The summed E-state index contributed by atoms with van der Waals surface area (Å²) in [6.07, 6.45) is 4.08. The van der Waals surface area contributed by atoms with E-state index in [1.165, 1.54) is 0 Å². The van der Waals surface area contributed by atoms with Crippen LogP contribution in [0.15, 0.2) is 16.6 Å². The molecule has 0 amide bonds. The number of methoxy groups -OCH3 is 1. The summed E-state index contributed by atoms with van der Waals surface area (Å²) >= 11 is 9.23. The van der Waals surface area contributed by atoms with Gasteiger partial charge >= 0.3 is 0 Å². The quantitative estimate of drug-likeness (QED) is 0.809. The van der Waals surface area contributed by atoms with E-state index in [9.17, 15) is 4.39 Å². The Morgan fingerprint density at radius 3 is 2.58 bits per heavy atom. The van der Waals surface area contributed by atoms with Crippen molar-refractivity contribution in [3.8, 4) is 0 Å². The molecule has 1 aliphatic rings. The molecule has 1 saturated carbocycles. The molecule has 1 fully saturated rings. The summed E-state index contributed by atoms with van der Waals surface area (Å²) in [7, 11) is 3.53. The van der Waals surface area contributed by atoms with E-state index >= 15 is 0 Å². The van der Waals surface area contributed by atoms with E-state index in [0.717, 1.165) is 25.7 Å². The van der Waals surface area contributed by atoms with E-state index in [1.807, 2.05) is 7.05 Å². The Balaban J connectivity index is 2.45. The zero-order valence-corrected chi connectivity index (χ0v) is 13.4. The van der Waals surface area contributed by atoms with Gasteiger partial charge in [-0.2, -0.15) is 0 Å². The molecule has 0 aromatic heterocycles. The van der Waals surface area contributed by atoms with Crippen molar-refractivity contribution in [1.82, 2.24) is 5.32 Å². The maximum absolute atomic E-state index is 14.4. The van der Waals surface area contributed by atoms with Crippen LogP contribution in [0.2, 0.25) is 5.02 Å². The van der Waals surface area contributed by atoms with Crippen molar-refractivity contribution in [3.63, 3.8) is 0 Å². The van der Waals surface area contributed by atoms with Gasteiger partial charge in [-0.25, -0.2) is 4.39 Å². The third-order valence-corrected chi connectivity index (χ3v) is 5.31. The SMILES string of the molecule is CNC(c1ccc(Br)c(Cl)c1F)C1(OC)CCCC1. The van der Waals surface area contributed by atoms with Crippen LogP contribution in [-0.2, 0) is 4.74 Å². The number of ether oxygens (including phenoxy) is 1. The predicted octanol–water partition coefficient (Wildman–Crippen LogP) is 4.46. The summed E-state index contributed by atoms with van der Waals surface area (Å²) in [5, 5.41) is 3.33. The molecule has 106 valence electrons. The molecule has 0 bridgehead atoms. The van der Waals surface area contributed by atoms with Crippen LogP contribution in [0, 0.1) is 5.82 Å². The highest BCUT2D eigenvalue weighted by Crippen LogP contribution is 2.44. The summed E-state index contributed by atoms with van der Waals surface area (Å²) in [5.74, 6) is -0.376. The van der Waals surface area contributed by atoms with Gasteiger partial charge in [0.25, 0.3) is 0 Å². The van der Waals surface area contributed by atoms with Gasteiger partial charge in [0.2, 0.25) is 0 Å². The minimum absolute atomic E-state index is 0.127. The zero-order chi connectivity index (χ0) is 14.0. The van der Waals surface area contributed by atoms with Crippen LogP contribution in [-0.4, -0.2) is 19.8 Å². The first-order chi connectivity index (χ1) is 9.05. The summed E-state index contributed by atoms with van der Waals surface area (Å²) < 4.78 is 20.7. The first kappa shape index (κ1) is 15.2. The first-order valence-electron chi connectivity index (χ1n) is 6.41. The Labute approximate surface area is 126 Å². The maximum Gasteiger partial charge on any atom is 0.147 e. The van der Waals surface area contributed by atoms with Gasteiger partial charge in [-0.1, -0.05) is 30.5 Å². The topological polar surface area (TPSA) is 21.3 Å². The molecular weight excluding hydrogens is 333 g/mol. The Kier molecular flexibility index (Phi) is 4.88. The number of halogens is 3. The molecule has 0 saturated heterocycles. The van der Waals surface area contributed by atoms with Crippen molar-refractivity contribution >= 4 is 27.5 Å². The van der Waals surface area contributed by atoms with Gasteiger partial charge < -0.3 is 10.1 Å². The van der Waals surface area contributed by atoms with Crippen LogP contribution in [0.5, 0.6) is 0 Å². The molecule has 2 nitrogen and oxygen atoms in total. The molecule has 0 spiro atoms. The number of likely N-dealkylation sites (N-methyl/N-ethyl adjacent to an activating group) is 1. The molecule has 1 aromatic carbocycles. The summed E-state index contributed by atoms with van der Waals surface area (Å²) in [6, 6.07) is 3.36. The van der Waals surface area contributed by atoms with Gasteiger partial charge in [0.1, 0.15) is 5.82 Å². The number of benzene rings is 1. The number of hydrogen-bond acceptors (Lipinski definition) is 2. The molecule has 0 radical (unpaired) electrons. The van der Waals surface area contributed by atoms with Crippen molar-refractivity contribution < 1.29 is 9.13 Å². The van der Waals surface area contributed by atoms with Crippen molar-refractivity contribution in [3.05, 3.63) is 33.0 Å². The fourth-order valence-electron chi connectivity index (χ4n) is 3.05. The molecular formula is C14H18BrClFNO. The molecule has 0 aliphatic heterocycles. The van der Waals surface area contributed by atoms with Crippen LogP contribution in [0.4, 0.5) is 4.39 Å². The van der Waals surface area contributed by atoms with Crippen LogP contribution >= 0.6 is 27.5 Å². The highest BCUT2D eigenvalue weighted by molar-refractivity contribution is 9.10. The second kappa shape index (κ2) is 6.08. The zero-order valence-electron chi connectivity index (χ0n) is 11.1. The molecule has 1 aromatic rings. The fraction of sp³-hybridized carbons (Fsp3) is 0.571. The summed E-state index contributed by atoms with van der Waals surface area (Å²) in [4.78, 5) is 0. The van der Waals surface area contributed by atoms with Gasteiger partial charge in [0.05, 0.1) is 16.7 Å². The molecule has 1 aliphatic carbocycles. The van der Waals surface area contributed by atoms with Gasteiger partial charge in [0.15, 0.2) is 0 Å². The molecule has 2 rings (SSSR count). The molecule has 5 heteroatoms.